The van der Waals surface area contributed by atoms with Gasteiger partial charge in [0.05, 0.1) is 6.54 Å². The maximum atomic E-state index is 11.6. The number of ether oxygens (including phenoxy) is 1. The van der Waals surface area contributed by atoms with E-state index >= 15 is 0 Å². The summed E-state index contributed by atoms with van der Waals surface area (Å²) in [5.74, 6) is 1.39. The van der Waals surface area contributed by atoms with Crippen molar-refractivity contribution in [2.24, 2.45) is 4.99 Å². The normalized spacial score (nSPS) is 14.7. The fraction of sp³-hybridized carbons (Fsp3) is 0.440. The lowest BCUT2D eigenvalue weighted by Crippen LogP contribution is -2.48. The van der Waals surface area contributed by atoms with Crippen molar-refractivity contribution < 1.29 is 9.53 Å². The number of benzene rings is 2. The summed E-state index contributed by atoms with van der Waals surface area (Å²) in [6, 6.07) is 18.7. The Morgan fingerprint density at radius 3 is 2.50 bits per heavy atom. The van der Waals surface area contributed by atoms with Crippen LogP contribution in [0.3, 0.4) is 0 Å². The Balaban J connectivity index is 1.52. The predicted octanol–water partition coefficient (Wildman–Crippen LogP) is 2.93. The van der Waals surface area contributed by atoms with Crippen LogP contribution in [0.15, 0.2) is 59.6 Å². The van der Waals surface area contributed by atoms with Gasteiger partial charge in [0.2, 0.25) is 0 Å². The van der Waals surface area contributed by atoms with Crippen molar-refractivity contribution in [3.05, 3.63) is 60.2 Å². The van der Waals surface area contributed by atoms with Gasteiger partial charge < -0.3 is 25.6 Å². The third kappa shape index (κ3) is 7.48. The number of rotatable bonds is 9. The largest absolute Gasteiger partial charge is 0.484 e. The lowest BCUT2D eigenvalue weighted by molar-refractivity contribution is -0.122. The molecule has 3 N–H and O–H groups in total. The maximum absolute atomic E-state index is 11.6. The first-order valence-electron chi connectivity index (χ1n) is 11.5. The molecular formula is C25H35N5O2. The molecule has 3 rings (SSSR count). The van der Waals surface area contributed by atoms with Crippen LogP contribution in [-0.2, 0) is 11.3 Å². The molecule has 1 aliphatic heterocycles. The minimum Gasteiger partial charge on any atom is -0.484 e. The molecule has 7 nitrogen and oxygen atoms in total. The van der Waals surface area contributed by atoms with Gasteiger partial charge in [-0.25, -0.2) is 4.99 Å². The minimum atomic E-state index is -0.118. The molecule has 0 aromatic heterocycles. The number of amides is 1. The smallest absolute Gasteiger partial charge is 0.257 e. The Kier molecular flexibility index (Phi) is 9.22. The number of hydrogen-bond donors (Lipinski definition) is 3. The van der Waals surface area contributed by atoms with Gasteiger partial charge in [-0.3, -0.25) is 4.79 Å². The van der Waals surface area contributed by atoms with E-state index in [-0.39, 0.29) is 12.5 Å². The molecule has 32 heavy (non-hydrogen) atoms. The van der Waals surface area contributed by atoms with Gasteiger partial charge in [-0.1, -0.05) is 30.3 Å². The molecule has 1 saturated heterocycles. The van der Waals surface area contributed by atoms with Crippen molar-refractivity contribution in [1.82, 2.24) is 16.0 Å². The number of carbonyl (C=O) groups excluding carboxylic acids is 1. The highest BCUT2D eigenvalue weighted by molar-refractivity contribution is 5.80. The third-order valence-corrected chi connectivity index (χ3v) is 5.36. The number of nitrogens with one attached hydrogen (secondary N) is 3. The van der Waals surface area contributed by atoms with Crippen molar-refractivity contribution >= 4 is 17.6 Å². The first kappa shape index (κ1) is 23.4. The summed E-state index contributed by atoms with van der Waals surface area (Å²) in [4.78, 5) is 18.8. The third-order valence-electron chi connectivity index (χ3n) is 5.36. The van der Waals surface area contributed by atoms with Crippen LogP contribution in [0.2, 0.25) is 0 Å². The van der Waals surface area contributed by atoms with E-state index in [9.17, 15) is 4.79 Å². The van der Waals surface area contributed by atoms with Gasteiger partial charge in [0, 0.05) is 37.9 Å². The number of aliphatic imine (C=N–C) groups is 1. The Labute approximate surface area is 191 Å². The van der Waals surface area contributed by atoms with E-state index in [1.807, 2.05) is 31.2 Å². The van der Waals surface area contributed by atoms with Crippen LogP contribution in [0.5, 0.6) is 5.75 Å². The van der Waals surface area contributed by atoms with Gasteiger partial charge in [-0.05, 0) is 56.5 Å². The van der Waals surface area contributed by atoms with E-state index < -0.39 is 0 Å². The molecule has 1 fully saturated rings. The Hall–Kier alpha value is -3.22. The standard InChI is InChI=1S/C25H35N5O2/c1-3-26-24(31)19-32-23-12-8-9-20(17-23)18-28-25(27-4-2)29-21-13-15-30(16-14-21)22-10-6-5-7-11-22/h5-12,17,21H,3-4,13-16,18-19H2,1-2H3,(H,26,31)(H2,27,28,29). The van der Waals surface area contributed by atoms with Crippen LogP contribution < -0.4 is 25.6 Å². The number of para-hydroxylation sites is 1. The number of nitrogens with zero attached hydrogens (tertiary/aromatic N) is 2. The molecule has 0 atom stereocenters. The summed E-state index contributed by atoms with van der Waals surface area (Å²) in [6.45, 7) is 8.00. The molecule has 1 amide bonds. The van der Waals surface area contributed by atoms with Crippen LogP contribution >= 0.6 is 0 Å². The van der Waals surface area contributed by atoms with E-state index in [0.717, 1.165) is 44.0 Å². The molecule has 0 spiro atoms. The number of carbonyl (C=O) groups is 1. The Bertz CT molecular complexity index is 864. The minimum absolute atomic E-state index is 0.0203. The summed E-state index contributed by atoms with van der Waals surface area (Å²) < 4.78 is 5.59. The van der Waals surface area contributed by atoms with Crippen LogP contribution in [-0.4, -0.2) is 50.7 Å². The highest BCUT2D eigenvalue weighted by atomic mass is 16.5. The number of guanidine groups is 1. The van der Waals surface area contributed by atoms with E-state index in [2.05, 4.69) is 58.1 Å². The van der Waals surface area contributed by atoms with E-state index in [4.69, 9.17) is 9.73 Å². The lowest BCUT2D eigenvalue weighted by atomic mass is 10.0. The fourth-order valence-electron chi connectivity index (χ4n) is 3.74. The van der Waals surface area contributed by atoms with Crippen LogP contribution in [0.1, 0.15) is 32.3 Å². The zero-order valence-corrected chi connectivity index (χ0v) is 19.1. The summed E-state index contributed by atoms with van der Waals surface area (Å²) in [5, 5.41) is 9.68. The average Bonchev–Trinajstić information content (AvgIpc) is 2.83. The molecule has 7 heteroatoms. The molecule has 0 saturated carbocycles. The topological polar surface area (TPSA) is 78.0 Å². The highest BCUT2D eigenvalue weighted by Gasteiger charge is 2.20. The molecule has 172 valence electrons. The number of likely N-dealkylation sites (N-methyl/N-ethyl adjacent to an activating group) is 1. The number of piperidine rings is 1. The second kappa shape index (κ2) is 12.6. The maximum Gasteiger partial charge on any atom is 0.257 e. The van der Waals surface area contributed by atoms with Crippen LogP contribution in [0.4, 0.5) is 5.69 Å². The second-order valence-electron chi connectivity index (χ2n) is 7.83. The predicted molar refractivity (Wildman–Crippen MR) is 130 cm³/mol. The van der Waals surface area contributed by atoms with Crippen LogP contribution in [0.25, 0.3) is 0 Å². The average molecular weight is 438 g/mol. The van der Waals surface area contributed by atoms with Crippen molar-refractivity contribution in [3.63, 3.8) is 0 Å². The zero-order chi connectivity index (χ0) is 22.6. The van der Waals surface area contributed by atoms with Gasteiger partial charge in [0.15, 0.2) is 12.6 Å². The molecule has 1 aliphatic rings. The molecule has 0 aliphatic carbocycles. The zero-order valence-electron chi connectivity index (χ0n) is 19.1. The second-order valence-corrected chi connectivity index (χ2v) is 7.83. The van der Waals surface area contributed by atoms with Gasteiger partial charge in [-0.2, -0.15) is 0 Å². The van der Waals surface area contributed by atoms with Gasteiger partial charge >= 0.3 is 0 Å². The van der Waals surface area contributed by atoms with E-state index in [0.29, 0.717) is 24.9 Å². The highest BCUT2D eigenvalue weighted by Crippen LogP contribution is 2.19. The Morgan fingerprint density at radius 2 is 1.78 bits per heavy atom. The summed E-state index contributed by atoms with van der Waals surface area (Å²) in [6.07, 6.45) is 2.14. The Morgan fingerprint density at radius 1 is 1.03 bits per heavy atom. The van der Waals surface area contributed by atoms with Crippen LogP contribution in [0, 0.1) is 0 Å². The molecule has 1 heterocycles. The summed E-state index contributed by atoms with van der Waals surface area (Å²) in [7, 11) is 0. The van der Waals surface area contributed by atoms with E-state index in [1.54, 1.807) is 0 Å². The molecule has 0 bridgehead atoms. The molecular weight excluding hydrogens is 402 g/mol. The summed E-state index contributed by atoms with van der Waals surface area (Å²) in [5.41, 5.74) is 2.33. The SMILES string of the molecule is CCNC(=O)COc1cccc(CN=C(NCC)NC2CCN(c3ccccc3)CC2)c1. The summed E-state index contributed by atoms with van der Waals surface area (Å²) >= 11 is 0. The number of anilines is 1. The molecule has 0 unspecified atom stereocenters. The van der Waals surface area contributed by atoms with Crippen molar-refractivity contribution in [3.8, 4) is 5.75 Å². The van der Waals surface area contributed by atoms with Crippen molar-refractivity contribution in [2.45, 2.75) is 39.3 Å². The quantitative estimate of drug-likeness (QED) is 0.415. The first-order valence-corrected chi connectivity index (χ1v) is 11.5. The van der Waals surface area contributed by atoms with Gasteiger partial charge in [-0.15, -0.1) is 0 Å². The molecule has 2 aromatic rings. The molecule has 0 radical (unpaired) electrons. The fourth-order valence-corrected chi connectivity index (χ4v) is 3.74. The first-order chi connectivity index (χ1) is 15.7. The van der Waals surface area contributed by atoms with Crippen molar-refractivity contribution in [2.75, 3.05) is 37.7 Å². The van der Waals surface area contributed by atoms with E-state index in [1.165, 1.54) is 5.69 Å². The lowest BCUT2D eigenvalue weighted by Gasteiger charge is -2.34. The number of hydrogen-bond acceptors (Lipinski definition) is 4. The van der Waals surface area contributed by atoms with Gasteiger partial charge in [0.25, 0.3) is 5.91 Å². The van der Waals surface area contributed by atoms with Crippen molar-refractivity contribution in [1.29, 1.82) is 0 Å². The molecule has 2 aromatic carbocycles. The monoisotopic (exact) mass is 437 g/mol. The van der Waals surface area contributed by atoms with Gasteiger partial charge in [0.1, 0.15) is 5.75 Å².